The van der Waals surface area contributed by atoms with Crippen molar-refractivity contribution < 1.29 is 0 Å². The minimum Gasteiger partial charge on any atom is -0.192 e. The number of halogens is 1. The number of aryl methyl sites for hydroxylation is 1. The van der Waals surface area contributed by atoms with Crippen LogP contribution in [-0.4, -0.2) is 0 Å². The first-order valence-corrected chi connectivity index (χ1v) is 6.18. The van der Waals surface area contributed by atoms with E-state index in [1.54, 1.807) is 11.3 Å². The third-order valence-electron chi connectivity index (χ3n) is 2.18. The van der Waals surface area contributed by atoms with Gasteiger partial charge in [0.2, 0.25) is 0 Å². The summed E-state index contributed by atoms with van der Waals surface area (Å²) < 4.78 is 1.23. The highest BCUT2D eigenvalue weighted by Gasteiger charge is 2.07. The van der Waals surface area contributed by atoms with E-state index in [-0.39, 0.29) is 0 Å². The second-order valence-electron chi connectivity index (χ2n) is 3.13. The zero-order chi connectivity index (χ0) is 10.1. The Morgan fingerprint density at radius 1 is 1.50 bits per heavy atom. The molecule has 0 unspecified atom stereocenters. The molecule has 1 aromatic heterocycles. The lowest BCUT2D eigenvalue weighted by Crippen LogP contribution is -1.77. The predicted octanol–water partition coefficient (Wildman–Crippen LogP) is 3.98. The normalized spacial score (nSPS) is 10.4. The van der Waals surface area contributed by atoms with Gasteiger partial charge in [-0.05, 0) is 24.6 Å². The van der Waals surface area contributed by atoms with Crippen LogP contribution in [0.15, 0.2) is 18.2 Å². The van der Waals surface area contributed by atoms with Crippen molar-refractivity contribution in [1.29, 1.82) is 5.26 Å². The Kier molecular flexibility index (Phi) is 2.58. The Hall–Kier alpha value is -0.850. The summed E-state index contributed by atoms with van der Waals surface area (Å²) in [4.78, 5) is 1.27. The van der Waals surface area contributed by atoms with Crippen LogP contribution in [0.25, 0.3) is 10.1 Å². The van der Waals surface area contributed by atoms with Crippen LogP contribution < -0.4 is 0 Å². The van der Waals surface area contributed by atoms with Crippen molar-refractivity contribution in [3.8, 4) is 6.07 Å². The third kappa shape index (κ3) is 1.45. The van der Waals surface area contributed by atoms with Crippen molar-refractivity contribution in [2.45, 2.75) is 12.3 Å². The molecule has 0 atom stereocenters. The van der Waals surface area contributed by atoms with Crippen LogP contribution in [0.4, 0.5) is 0 Å². The van der Waals surface area contributed by atoms with Crippen LogP contribution in [0.1, 0.15) is 16.0 Å². The van der Waals surface area contributed by atoms with Gasteiger partial charge in [-0.3, -0.25) is 0 Å². The topological polar surface area (TPSA) is 23.8 Å². The summed E-state index contributed by atoms with van der Waals surface area (Å²) in [5.74, 6) is 0. The zero-order valence-electron chi connectivity index (χ0n) is 7.67. The lowest BCUT2D eigenvalue weighted by atomic mass is 10.1. The lowest BCUT2D eigenvalue weighted by molar-refractivity contribution is 1.49. The average Bonchev–Trinajstić information content (AvgIpc) is 2.63. The van der Waals surface area contributed by atoms with Gasteiger partial charge < -0.3 is 0 Å². The molecule has 2 rings (SSSR count). The summed E-state index contributed by atoms with van der Waals surface area (Å²) in [6.07, 6.45) is 0. The van der Waals surface area contributed by atoms with E-state index in [1.807, 2.05) is 12.1 Å². The Balaban J connectivity index is 2.83. The summed E-state index contributed by atoms with van der Waals surface area (Å²) in [6.45, 7) is 2.08. The minimum absolute atomic E-state index is 0.772. The van der Waals surface area contributed by atoms with Gasteiger partial charge in [-0.2, -0.15) is 5.26 Å². The quantitative estimate of drug-likeness (QED) is 0.716. The van der Waals surface area contributed by atoms with E-state index >= 15 is 0 Å². The number of hydrogen-bond acceptors (Lipinski definition) is 2. The van der Waals surface area contributed by atoms with Gasteiger partial charge in [-0.1, -0.05) is 22.0 Å². The maximum Gasteiger partial charge on any atom is 0.0998 e. The van der Waals surface area contributed by atoms with Crippen LogP contribution in [-0.2, 0) is 5.33 Å². The van der Waals surface area contributed by atoms with Gasteiger partial charge in [0.1, 0.15) is 0 Å². The first-order valence-electron chi connectivity index (χ1n) is 4.24. The number of benzene rings is 1. The largest absolute Gasteiger partial charge is 0.192 e. The molecular formula is C11H8BrNS. The molecule has 0 amide bonds. The highest BCUT2D eigenvalue weighted by molar-refractivity contribution is 9.08. The van der Waals surface area contributed by atoms with Gasteiger partial charge >= 0.3 is 0 Å². The highest BCUT2D eigenvalue weighted by atomic mass is 79.9. The van der Waals surface area contributed by atoms with E-state index in [0.717, 1.165) is 16.3 Å². The molecule has 0 fully saturated rings. The second kappa shape index (κ2) is 3.72. The van der Waals surface area contributed by atoms with Crippen molar-refractivity contribution in [3.63, 3.8) is 0 Å². The number of nitriles is 1. The van der Waals surface area contributed by atoms with E-state index < -0.39 is 0 Å². The first-order chi connectivity index (χ1) is 6.76. The lowest BCUT2D eigenvalue weighted by Gasteiger charge is -1.95. The Labute approximate surface area is 95.1 Å². The summed E-state index contributed by atoms with van der Waals surface area (Å²) in [6, 6.07) is 8.22. The van der Waals surface area contributed by atoms with E-state index in [9.17, 15) is 0 Å². The monoisotopic (exact) mass is 265 g/mol. The van der Waals surface area contributed by atoms with E-state index in [4.69, 9.17) is 5.26 Å². The molecule has 0 aliphatic heterocycles. The smallest absolute Gasteiger partial charge is 0.0998 e. The molecular weight excluding hydrogens is 258 g/mol. The molecule has 0 spiro atoms. The fourth-order valence-corrected chi connectivity index (χ4v) is 2.98. The van der Waals surface area contributed by atoms with Gasteiger partial charge in [-0.25, -0.2) is 0 Å². The molecule has 0 saturated carbocycles. The fraction of sp³-hybridized carbons (Fsp3) is 0.182. The molecule has 0 saturated heterocycles. The van der Waals surface area contributed by atoms with Crippen molar-refractivity contribution in [2.24, 2.45) is 0 Å². The van der Waals surface area contributed by atoms with E-state index in [1.165, 1.54) is 15.1 Å². The molecule has 2 aromatic rings. The summed E-state index contributed by atoms with van der Waals surface area (Å²) in [5.41, 5.74) is 2.02. The van der Waals surface area contributed by atoms with Crippen LogP contribution in [0.5, 0.6) is 0 Å². The maximum absolute atomic E-state index is 8.95. The Bertz CT molecular complexity index is 522. The number of fused-ring (bicyclic) bond motifs is 1. The standard InChI is InChI=1S/C11H8BrNS/c1-7-2-3-8(6-13)10-4-9(5-12)14-11(7)10/h2-4H,5H2,1H3. The van der Waals surface area contributed by atoms with Crippen LogP contribution in [0.3, 0.4) is 0 Å². The Morgan fingerprint density at radius 2 is 2.29 bits per heavy atom. The molecule has 3 heteroatoms. The number of alkyl halides is 1. The number of nitrogens with zero attached hydrogens (tertiary/aromatic N) is 1. The van der Waals surface area contributed by atoms with Crippen molar-refractivity contribution in [2.75, 3.05) is 0 Å². The molecule has 0 bridgehead atoms. The zero-order valence-corrected chi connectivity index (χ0v) is 10.1. The summed E-state index contributed by atoms with van der Waals surface area (Å²) in [7, 11) is 0. The van der Waals surface area contributed by atoms with E-state index in [0.29, 0.717) is 0 Å². The molecule has 1 aromatic carbocycles. The van der Waals surface area contributed by atoms with Gasteiger partial charge in [0.25, 0.3) is 0 Å². The van der Waals surface area contributed by atoms with Crippen LogP contribution >= 0.6 is 27.3 Å². The number of hydrogen-bond donors (Lipinski definition) is 0. The van der Waals surface area contributed by atoms with Crippen LogP contribution in [0, 0.1) is 18.3 Å². The molecule has 0 N–H and O–H groups in total. The number of thiophene rings is 1. The third-order valence-corrected chi connectivity index (χ3v) is 4.43. The molecule has 0 radical (unpaired) electrons. The van der Waals surface area contributed by atoms with Crippen LogP contribution in [0.2, 0.25) is 0 Å². The molecule has 70 valence electrons. The van der Waals surface area contributed by atoms with Gasteiger partial charge in [0, 0.05) is 20.3 Å². The molecule has 0 aliphatic carbocycles. The van der Waals surface area contributed by atoms with Crippen molar-refractivity contribution in [3.05, 3.63) is 34.2 Å². The number of rotatable bonds is 1. The van der Waals surface area contributed by atoms with Gasteiger partial charge in [0.15, 0.2) is 0 Å². The average molecular weight is 266 g/mol. The highest BCUT2D eigenvalue weighted by Crippen LogP contribution is 2.31. The maximum atomic E-state index is 8.95. The summed E-state index contributed by atoms with van der Waals surface area (Å²) >= 11 is 5.19. The van der Waals surface area contributed by atoms with E-state index in [2.05, 4.69) is 35.0 Å². The summed E-state index contributed by atoms with van der Waals surface area (Å²) in [5, 5.41) is 10.9. The first kappa shape index (κ1) is 9.70. The predicted molar refractivity (Wildman–Crippen MR) is 63.9 cm³/mol. The SMILES string of the molecule is Cc1ccc(C#N)c2cc(CBr)sc12. The minimum atomic E-state index is 0.772. The fourth-order valence-electron chi connectivity index (χ4n) is 1.47. The van der Waals surface area contributed by atoms with Crippen molar-refractivity contribution in [1.82, 2.24) is 0 Å². The van der Waals surface area contributed by atoms with Gasteiger partial charge in [0.05, 0.1) is 11.6 Å². The van der Waals surface area contributed by atoms with Crippen molar-refractivity contribution >= 4 is 37.4 Å². The molecule has 1 nitrogen and oxygen atoms in total. The molecule has 1 heterocycles. The molecule has 14 heavy (non-hydrogen) atoms. The molecule has 0 aliphatic rings. The second-order valence-corrected chi connectivity index (χ2v) is 4.83. The Morgan fingerprint density at radius 3 is 2.93 bits per heavy atom. The van der Waals surface area contributed by atoms with Gasteiger partial charge in [-0.15, -0.1) is 11.3 Å².